The fraction of sp³-hybridized carbons (Fsp3) is 0.316. The van der Waals surface area contributed by atoms with Crippen LogP contribution in [0.3, 0.4) is 0 Å². The van der Waals surface area contributed by atoms with Crippen molar-refractivity contribution in [3.8, 4) is 0 Å². The fourth-order valence-electron chi connectivity index (χ4n) is 2.48. The topological polar surface area (TPSA) is 57.7 Å². The van der Waals surface area contributed by atoms with Crippen molar-refractivity contribution in [2.24, 2.45) is 0 Å². The summed E-state index contributed by atoms with van der Waals surface area (Å²) in [5.41, 5.74) is 2.42. The summed E-state index contributed by atoms with van der Waals surface area (Å²) in [5.74, 6) is -0.273. The molecule has 1 unspecified atom stereocenters. The van der Waals surface area contributed by atoms with Crippen molar-refractivity contribution in [1.29, 1.82) is 0 Å². The SMILES string of the molecule is Cc1ccc(C(C)N(C)C(=O)c2ccc(Cl)c(S(=O)(=O)N(C)C)c2)cc1. The van der Waals surface area contributed by atoms with Gasteiger partial charge in [0.05, 0.1) is 11.1 Å². The summed E-state index contributed by atoms with van der Waals surface area (Å²) in [6.07, 6.45) is 0. The summed E-state index contributed by atoms with van der Waals surface area (Å²) in [6, 6.07) is 12.1. The lowest BCUT2D eigenvalue weighted by Gasteiger charge is -2.26. The Morgan fingerprint density at radius 1 is 1.04 bits per heavy atom. The number of amides is 1. The van der Waals surface area contributed by atoms with Gasteiger partial charge in [-0.25, -0.2) is 12.7 Å². The summed E-state index contributed by atoms with van der Waals surface area (Å²) in [7, 11) is 0.805. The van der Waals surface area contributed by atoms with E-state index in [-0.39, 0.29) is 27.4 Å². The highest BCUT2D eigenvalue weighted by atomic mass is 35.5. The molecule has 26 heavy (non-hydrogen) atoms. The van der Waals surface area contributed by atoms with Crippen molar-refractivity contribution in [2.75, 3.05) is 21.1 Å². The van der Waals surface area contributed by atoms with E-state index < -0.39 is 10.0 Å². The summed E-state index contributed by atoms with van der Waals surface area (Å²) in [4.78, 5) is 14.4. The first-order valence-corrected chi connectivity index (χ1v) is 9.93. The highest BCUT2D eigenvalue weighted by Gasteiger charge is 2.25. The van der Waals surface area contributed by atoms with Crippen LogP contribution in [-0.2, 0) is 10.0 Å². The van der Waals surface area contributed by atoms with E-state index in [9.17, 15) is 13.2 Å². The monoisotopic (exact) mass is 394 g/mol. The van der Waals surface area contributed by atoms with Crippen LogP contribution in [0.25, 0.3) is 0 Å². The first-order chi connectivity index (χ1) is 12.1. The van der Waals surface area contributed by atoms with Crippen LogP contribution in [-0.4, -0.2) is 44.7 Å². The van der Waals surface area contributed by atoms with Gasteiger partial charge in [0, 0.05) is 26.7 Å². The Bertz CT molecular complexity index is 909. The zero-order chi connectivity index (χ0) is 19.6. The summed E-state index contributed by atoms with van der Waals surface area (Å²) < 4.78 is 25.9. The molecule has 0 aliphatic heterocycles. The molecule has 0 saturated heterocycles. The van der Waals surface area contributed by atoms with Gasteiger partial charge < -0.3 is 4.90 Å². The Morgan fingerprint density at radius 2 is 1.62 bits per heavy atom. The van der Waals surface area contributed by atoms with Crippen LogP contribution in [0, 0.1) is 6.92 Å². The molecule has 0 N–H and O–H groups in total. The van der Waals surface area contributed by atoms with E-state index in [4.69, 9.17) is 11.6 Å². The minimum Gasteiger partial charge on any atom is -0.335 e. The predicted molar refractivity (Wildman–Crippen MR) is 104 cm³/mol. The molecule has 2 rings (SSSR count). The van der Waals surface area contributed by atoms with E-state index in [0.29, 0.717) is 0 Å². The average molecular weight is 395 g/mol. The molecule has 2 aromatic carbocycles. The zero-order valence-corrected chi connectivity index (χ0v) is 17.1. The van der Waals surface area contributed by atoms with Gasteiger partial charge in [-0.05, 0) is 37.6 Å². The molecular weight excluding hydrogens is 372 g/mol. The molecule has 2 aromatic rings. The maximum atomic E-state index is 12.9. The molecule has 0 aliphatic rings. The van der Waals surface area contributed by atoms with Crippen LogP contribution in [0.4, 0.5) is 0 Å². The first-order valence-electron chi connectivity index (χ1n) is 8.11. The lowest BCUT2D eigenvalue weighted by Crippen LogP contribution is -2.30. The lowest BCUT2D eigenvalue weighted by atomic mass is 10.0. The van der Waals surface area contributed by atoms with Gasteiger partial charge in [0.25, 0.3) is 5.91 Å². The molecular formula is C19H23ClN2O3S. The van der Waals surface area contributed by atoms with E-state index >= 15 is 0 Å². The van der Waals surface area contributed by atoms with E-state index in [0.717, 1.165) is 15.4 Å². The number of hydrogen-bond donors (Lipinski definition) is 0. The first kappa shape index (κ1) is 20.4. The Hall–Kier alpha value is -1.89. The van der Waals surface area contributed by atoms with Gasteiger partial charge in [-0.15, -0.1) is 0 Å². The van der Waals surface area contributed by atoms with Crippen molar-refractivity contribution < 1.29 is 13.2 Å². The van der Waals surface area contributed by atoms with Crippen LogP contribution in [0.2, 0.25) is 5.02 Å². The molecule has 0 saturated carbocycles. The number of rotatable bonds is 5. The standard InChI is InChI=1S/C19H23ClN2O3S/c1-13-6-8-15(9-7-13)14(2)22(5)19(23)16-10-11-17(20)18(12-16)26(24,25)21(3)4/h6-12,14H,1-5H3. The van der Waals surface area contributed by atoms with Gasteiger partial charge in [-0.3, -0.25) is 4.79 Å². The van der Waals surface area contributed by atoms with Crippen molar-refractivity contribution in [2.45, 2.75) is 24.8 Å². The van der Waals surface area contributed by atoms with Crippen molar-refractivity contribution in [3.63, 3.8) is 0 Å². The largest absolute Gasteiger partial charge is 0.335 e. The maximum Gasteiger partial charge on any atom is 0.254 e. The van der Waals surface area contributed by atoms with Crippen LogP contribution in [0.15, 0.2) is 47.4 Å². The molecule has 0 heterocycles. The third-order valence-electron chi connectivity index (χ3n) is 4.40. The van der Waals surface area contributed by atoms with E-state index in [1.165, 1.54) is 32.3 Å². The van der Waals surface area contributed by atoms with Crippen LogP contribution >= 0.6 is 11.6 Å². The Balaban J connectivity index is 2.36. The van der Waals surface area contributed by atoms with Gasteiger partial charge >= 0.3 is 0 Å². The van der Waals surface area contributed by atoms with Crippen molar-refractivity contribution in [3.05, 3.63) is 64.2 Å². The van der Waals surface area contributed by atoms with Crippen LogP contribution in [0.5, 0.6) is 0 Å². The molecule has 0 fully saturated rings. The minimum atomic E-state index is -3.74. The van der Waals surface area contributed by atoms with E-state index in [2.05, 4.69) is 0 Å². The lowest BCUT2D eigenvalue weighted by molar-refractivity contribution is 0.0742. The maximum absolute atomic E-state index is 12.9. The summed E-state index contributed by atoms with van der Waals surface area (Å²) >= 11 is 6.05. The Labute approximate surface area is 160 Å². The van der Waals surface area contributed by atoms with Crippen LogP contribution < -0.4 is 0 Å². The highest BCUT2D eigenvalue weighted by molar-refractivity contribution is 7.89. The van der Waals surface area contributed by atoms with E-state index in [1.54, 1.807) is 11.9 Å². The molecule has 0 radical (unpaired) electrons. The second-order valence-corrected chi connectivity index (χ2v) is 8.96. The zero-order valence-electron chi connectivity index (χ0n) is 15.5. The van der Waals surface area contributed by atoms with Crippen molar-refractivity contribution in [1.82, 2.24) is 9.21 Å². The molecule has 1 amide bonds. The summed E-state index contributed by atoms with van der Waals surface area (Å²) in [6.45, 7) is 3.93. The van der Waals surface area contributed by atoms with Gasteiger partial charge in [0.2, 0.25) is 10.0 Å². The second kappa shape index (κ2) is 7.78. The molecule has 0 aromatic heterocycles. The highest BCUT2D eigenvalue weighted by Crippen LogP contribution is 2.27. The third-order valence-corrected chi connectivity index (χ3v) is 6.69. The predicted octanol–water partition coefficient (Wildman–Crippen LogP) is 3.73. The molecule has 7 heteroatoms. The molecule has 140 valence electrons. The molecule has 0 spiro atoms. The minimum absolute atomic E-state index is 0.0774. The Kier molecular flexibility index (Phi) is 6.11. The fourth-order valence-corrected chi connectivity index (χ4v) is 3.87. The molecule has 5 nitrogen and oxygen atoms in total. The number of hydrogen-bond acceptors (Lipinski definition) is 3. The van der Waals surface area contributed by atoms with Crippen LogP contribution in [0.1, 0.15) is 34.5 Å². The molecule has 0 aliphatic carbocycles. The molecule has 0 bridgehead atoms. The number of sulfonamides is 1. The second-order valence-electron chi connectivity index (χ2n) is 6.44. The third kappa shape index (κ3) is 4.09. The number of carbonyl (C=O) groups is 1. The number of aryl methyl sites for hydroxylation is 1. The molecule has 1 atom stereocenters. The van der Waals surface area contributed by atoms with Gasteiger partial charge in [-0.2, -0.15) is 0 Å². The van der Waals surface area contributed by atoms with E-state index in [1.807, 2.05) is 38.1 Å². The number of nitrogens with zero attached hydrogens (tertiary/aromatic N) is 2. The Morgan fingerprint density at radius 3 is 2.15 bits per heavy atom. The normalized spacial score (nSPS) is 12.9. The number of carbonyl (C=O) groups excluding carboxylic acids is 1. The van der Waals surface area contributed by atoms with Gasteiger partial charge in [0.15, 0.2) is 0 Å². The summed E-state index contributed by atoms with van der Waals surface area (Å²) in [5, 5.41) is 0.0875. The number of halogens is 1. The quantitative estimate of drug-likeness (QED) is 0.776. The van der Waals surface area contributed by atoms with Gasteiger partial charge in [0.1, 0.15) is 4.90 Å². The number of benzene rings is 2. The van der Waals surface area contributed by atoms with Crippen molar-refractivity contribution >= 4 is 27.5 Å². The van der Waals surface area contributed by atoms with Gasteiger partial charge in [-0.1, -0.05) is 41.4 Å². The smallest absolute Gasteiger partial charge is 0.254 e. The average Bonchev–Trinajstić information content (AvgIpc) is 2.60.